The van der Waals surface area contributed by atoms with Crippen molar-refractivity contribution in [2.45, 2.75) is 18.7 Å². The van der Waals surface area contributed by atoms with Gasteiger partial charge in [-0.15, -0.1) is 0 Å². The van der Waals surface area contributed by atoms with Crippen molar-refractivity contribution < 1.29 is 27.4 Å². The summed E-state index contributed by atoms with van der Waals surface area (Å²) in [5, 5.41) is 0.274. The molecule has 0 radical (unpaired) electrons. The van der Waals surface area contributed by atoms with E-state index in [2.05, 4.69) is 0 Å². The van der Waals surface area contributed by atoms with Gasteiger partial charge in [-0.25, -0.2) is 0 Å². The first-order valence-corrected chi connectivity index (χ1v) is 7.42. The highest BCUT2D eigenvalue weighted by Crippen LogP contribution is 2.43. The van der Waals surface area contributed by atoms with E-state index in [1.807, 2.05) is 0 Å². The van der Waals surface area contributed by atoms with Crippen LogP contribution in [0.15, 0.2) is 36.4 Å². The molecule has 1 aliphatic rings. The number of ether oxygens (including phenoxy) is 2. The molecule has 1 unspecified atom stereocenters. The van der Waals surface area contributed by atoms with Gasteiger partial charge in [-0.2, -0.15) is 13.2 Å². The average Bonchev–Trinajstić information content (AvgIpc) is 2.54. The lowest BCUT2D eigenvalue weighted by Crippen LogP contribution is -2.21. The summed E-state index contributed by atoms with van der Waals surface area (Å²) in [7, 11) is 1.27. The van der Waals surface area contributed by atoms with Crippen molar-refractivity contribution in [3.8, 4) is 11.5 Å². The number of hydrogen-bond donors (Lipinski definition) is 0. The maximum atomic E-state index is 12.8. The van der Waals surface area contributed by atoms with Gasteiger partial charge >= 0.3 is 6.18 Å². The van der Waals surface area contributed by atoms with Crippen LogP contribution in [0.1, 0.15) is 34.0 Å². The first-order valence-electron chi connectivity index (χ1n) is 7.04. The number of methoxy groups -OCH3 is 1. The van der Waals surface area contributed by atoms with Crippen LogP contribution in [0, 0.1) is 0 Å². The average molecular weight is 357 g/mol. The van der Waals surface area contributed by atoms with Gasteiger partial charge in [0.05, 0.1) is 29.7 Å². The molecule has 0 bridgehead atoms. The molecule has 0 saturated heterocycles. The minimum absolute atomic E-state index is 0.00489. The monoisotopic (exact) mass is 356 g/mol. The van der Waals surface area contributed by atoms with Crippen LogP contribution in [0.3, 0.4) is 0 Å². The third-order valence-electron chi connectivity index (χ3n) is 3.81. The van der Waals surface area contributed by atoms with Crippen LogP contribution in [0.2, 0.25) is 5.02 Å². The Morgan fingerprint density at radius 1 is 1.25 bits per heavy atom. The second-order valence-corrected chi connectivity index (χ2v) is 5.71. The highest BCUT2D eigenvalue weighted by atomic mass is 35.5. The van der Waals surface area contributed by atoms with E-state index < -0.39 is 17.8 Å². The Balaban J connectivity index is 2.01. The predicted molar refractivity (Wildman–Crippen MR) is 81.8 cm³/mol. The van der Waals surface area contributed by atoms with Crippen LogP contribution in [-0.2, 0) is 6.18 Å². The molecule has 1 atom stereocenters. The molecule has 126 valence electrons. The molecule has 0 N–H and O–H groups in total. The van der Waals surface area contributed by atoms with E-state index in [1.54, 1.807) is 18.2 Å². The number of hydrogen-bond acceptors (Lipinski definition) is 3. The molecule has 0 aliphatic carbocycles. The third-order valence-corrected chi connectivity index (χ3v) is 4.10. The van der Waals surface area contributed by atoms with E-state index in [1.165, 1.54) is 13.2 Å². The van der Waals surface area contributed by atoms with Gasteiger partial charge in [0.1, 0.15) is 17.6 Å². The number of ketones is 1. The second-order valence-electron chi connectivity index (χ2n) is 5.30. The van der Waals surface area contributed by atoms with Crippen LogP contribution in [0.4, 0.5) is 13.2 Å². The standard InChI is InChI=1S/C17H12ClF3O3/c1-23-14-7-9(17(19,20)21)5-6-11(14)15-8-13(22)10-3-2-4-12(18)16(10)24-15/h2-7,15H,8H2,1H3. The molecule has 3 rings (SSSR count). The fourth-order valence-corrected chi connectivity index (χ4v) is 2.86. The Morgan fingerprint density at radius 3 is 2.67 bits per heavy atom. The van der Waals surface area contributed by atoms with Gasteiger partial charge in [0.2, 0.25) is 0 Å². The molecule has 0 fully saturated rings. The molecule has 0 saturated carbocycles. The van der Waals surface area contributed by atoms with E-state index >= 15 is 0 Å². The van der Waals surface area contributed by atoms with Crippen LogP contribution in [0.5, 0.6) is 11.5 Å². The van der Waals surface area contributed by atoms with Crippen molar-refractivity contribution in [2.75, 3.05) is 7.11 Å². The molecule has 0 amide bonds. The quantitative estimate of drug-likeness (QED) is 0.753. The molecular formula is C17H12ClF3O3. The molecule has 3 nitrogen and oxygen atoms in total. The van der Waals surface area contributed by atoms with Gasteiger partial charge in [0.15, 0.2) is 5.78 Å². The van der Waals surface area contributed by atoms with Gasteiger partial charge < -0.3 is 9.47 Å². The summed E-state index contributed by atoms with van der Waals surface area (Å²) in [4.78, 5) is 12.3. The fourth-order valence-electron chi connectivity index (χ4n) is 2.64. The minimum atomic E-state index is -4.48. The van der Waals surface area contributed by atoms with Gasteiger partial charge in [0.25, 0.3) is 0 Å². The van der Waals surface area contributed by atoms with Crippen LogP contribution >= 0.6 is 11.6 Å². The van der Waals surface area contributed by atoms with E-state index in [9.17, 15) is 18.0 Å². The van der Waals surface area contributed by atoms with Gasteiger partial charge in [-0.3, -0.25) is 4.79 Å². The first kappa shape index (κ1) is 16.6. The van der Waals surface area contributed by atoms with E-state index in [0.717, 1.165) is 12.1 Å². The minimum Gasteiger partial charge on any atom is -0.496 e. The van der Waals surface area contributed by atoms with E-state index in [4.69, 9.17) is 21.1 Å². The highest BCUT2D eigenvalue weighted by Gasteiger charge is 2.34. The van der Waals surface area contributed by atoms with Crippen molar-refractivity contribution in [1.29, 1.82) is 0 Å². The van der Waals surface area contributed by atoms with E-state index in [0.29, 0.717) is 11.1 Å². The molecule has 2 aromatic rings. The maximum Gasteiger partial charge on any atom is 0.416 e. The van der Waals surface area contributed by atoms with Gasteiger partial charge in [-0.05, 0) is 24.3 Å². The number of para-hydroxylation sites is 1. The Bertz CT molecular complexity index is 802. The number of rotatable bonds is 2. The normalized spacial score (nSPS) is 17.2. The number of benzene rings is 2. The number of Topliss-reactive ketones (excluding diaryl/α,β-unsaturated/α-hetero) is 1. The number of carbonyl (C=O) groups excluding carboxylic acids is 1. The smallest absolute Gasteiger partial charge is 0.416 e. The predicted octanol–water partition coefficient (Wildman–Crippen LogP) is 5.07. The van der Waals surface area contributed by atoms with Gasteiger partial charge in [-0.1, -0.05) is 23.7 Å². The summed E-state index contributed by atoms with van der Waals surface area (Å²) in [5.41, 5.74) is -0.0993. The molecule has 0 spiro atoms. The summed E-state index contributed by atoms with van der Waals surface area (Å²) in [6.45, 7) is 0. The van der Waals surface area contributed by atoms with E-state index in [-0.39, 0.29) is 28.7 Å². The summed E-state index contributed by atoms with van der Waals surface area (Å²) in [5.74, 6) is 0.0613. The molecule has 7 heteroatoms. The Morgan fingerprint density at radius 2 is 2.00 bits per heavy atom. The molecule has 1 aliphatic heterocycles. The zero-order chi connectivity index (χ0) is 17.5. The fraction of sp³-hybridized carbons (Fsp3) is 0.235. The Hall–Kier alpha value is -2.21. The van der Waals surface area contributed by atoms with Crippen molar-refractivity contribution in [1.82, 2.24) is 0 Å². The lowest BCUT2D eigenvalue weighted by Gasteiger charge is -2.27. The molecule has 0 aromatic heterocycles. The van der Waals surface area contributed by atoms with Crippen molar-refractivity contribution in [2.24, 2.45) is 0 Å². The number of carbonyl (C=O) groups is 1. The zero-order valence-electron chi connectivity index (χ0n) is 12.5. The topological polar surface area (TPSA) is 35.5 Å². The molecule has 2 aromatic carbocycles. The summed E-state index contributed by atoms with van der Waals surface area (Å²) >= 11 is 6.06. The van der Waals surface area contributed by atoms with Crippen molar-refractivity contribution in [3.05, 3.63) is 58.1 Å². The SMILES string of the molecule is COc1cc(C(F)(F)F)ccc1C1CC(=O)c2cccc(Cl)c2O1. The summed E-state index contributed by atoms with van der Waals surface area (Å²) < 4.78 is 49.3. The maximum absolute atomic E-state index is 12.8. The third kappa shape index (κ3) is 2.94. The lowest BCUT2D eigenvalue weighted by atomic mass is 9.95. The highest BCUT2D eigenvalue weighted by molar-refractivity contribution is 6.32. The largest absolute Gasteiger partial charge is 0.496 e. The number of fused-ring (bicyclic) bond motifs is 1. The Labute approximate surface area is 140 Å². The van der Waals surface area contributed by atoms with Crippen LogP contribution < -0.4 is 9.47 Å². The van der Waals surface area contributed by atoms with Crippen LogP contribution in [-0.4, -0.2) is 12.9 Å². The molecule has 1 heterocycles. The van der Waals surface area contributed by atoms with Gasteiger partial charge in [0, 0.05) is 5.56 Å². The van der Waals surface area contributed by atoms with Crippen LogP contribution in [0.25, 0.3) is 0 Å². The Kier molecular flexibility index (Phi) is 4.17. The molecule has 24 heavy (non-hydrogen) atoms. The van der Waals surface area contributed by atoms with Crippen molar-refractivity contribution >= 4 is 17.4 Å². The zero-order valence-corrected chi connectivity index (χ0v) is 13.2. The summed E-state index contributed by atoms with van der Waals surface area (Å²) in [6, 6.07) is 7.92. The van der Waals surface area contributed by atoms with Crippen molar-refractivity contribution in [3.63, 3.8) is 0 Å². The number of alkyl halides is 3. The first-order chi connectivity index (χ1) is 11.3. The lowest BCUT2D eigenvalue weighted by molar-refractivity contribution is -0.137. The summed E-state index contributed by atoms with van der Waals surface area (Å²) in [6.07, 6.45) is -5.25. The second kappa shape index (κ2) is 6.02. The molecular weight excluding hydrogens is 345 g/mol. The number of halogens is 4.